The monoisotopic (exact) mass is 588 g/mol. The minimum atomic E-state index is -1.26. The Kier molecular flexibility index (Phi) is 12.3. The van der Waals surface area contributed by atoms with Crippen molar-refractivity contribution < 1.29 is 29.4 Å². The summed E-state index contributed by atoms with van der Waals surface area (Å²) in [4.78, 5) is 52.0. The van der Waals surface area contributed by atoms with Crippen LogP contribution in [0.5, 0.6) is 5.75 Å². The van der Waals surface area contributed by atoms with E-state index in [0.717, 1.165) is 11.1 Å². The van der Waals surface area contributed by atoms with Crippen molar-refractivity contribution in [2.45, 2.75) is 63.7 Å². The van der Waals surface area contributed by atoms with Gasteiger partial charge < -0.3 is 31.9 Å². The first-order chi connectivity index (χ1) is 20.5. The van der Waals surface area contributed by atoms with E-state index in [-0.39, 0.29) is 37.4 Å². The molecule has 3 aromatic carbocycles. The van der Waals surface area contributed by atoms with Crippen LogP contribution in [0.25, 0.3) is 0 Å². The topological polar surface area (TPSA) is 171 Å². The lowest BCUT2D eigenvalue weighted by Gasteiger charge is -2.26. The van der Waals surface area contributed by atoms with Gasteiger partial charge in [-0.3, -0.25) is 14.4 Å². The van der Waals surface area contributed by atoms with E-state index in [4.69, 9.17) is 5.73 Å². The lowest BCUT2D eigenvalue weighted by Crippen LogP contribution is -2.58. The molecule has 7 N–H and O–H groups in total. The number of aliphatic carboxylic acids is 1. The molecular weight excluding hydrogens is 548 g/mol. The molecule has 0 heterocycles. The summed E-state index contributed by atoms with van der Waals surface area (Å²) in [6, 6.07) is 20.2. The summed E-state index contributed by atoms with van der Waals surface area (Å²) in [5.74, 6) is -2.97. The highest BCUT2D eigenvalue weighted by Crippen LogP contribution is 2.13. The van der Waals surface area contributed by atoms with Crippen LogP contribution >= 0.6 is 0 Å². The third-order valence-electron chi connectivity index (χ3n) is 6.88. The second kappa shape index (κ2) is 16.1. The highest BCUT2D eigenvalue weighted by Gasteiger charge is 2.31. The van der Waals surface area contributed by atoms with Gasteiger partial charge in [0.2, 0.25) is 17.7 Å². The van der Waals surface area contributed by atoms with Gasteiger partial charge >= 0.3 is 5.97 Å². The zero-order valence-corrected chi connectivity index (χ0v) is 24.4. The van der Waals surface area contributed by atoms with Gasteiger partial charge in [-0.2, -0.15) is 0 Å². The first-order valence-corrected chi connectivity index (χ1v) is 14.3. The molecule has 0 fully saturated rings. The van der Waals surface area contributed by atoms with Crippen LogP contribution in [-0.2, 0) is 38.4 Å². The molecule has 0 aliphatic carbocycles. The second-order valence-corrected chi connectivity index (χ2v) is 11.0. The number of phenols is 1. The number of carbonyl (C=O) groups is 4. The lowest BCUT2D eigenvalue weighted by atomic mass is 9.99. The number of carboxylic acid groups (broad SMARTS) is 1. The van der Waals surface area contributed by atoms with Crippen molar-refractivity contribution in [1.29, 1.82) is 0 Å². The average Bonchev–Trinajstić information content (AvgIpc) is 2.97. The lowest BCUT2D eigenvalue weighted by molar-refractivity contribution is -0.142. The Labute approximate surface area is 251 Å². The Morgan fingerprint density at radius 3 is 1.60 bits per heavy atom. The molecule has 228 valence electrons. The molecule has 10 nitrogen and oxygen atoms in total. The fourth-order valence-corrected chi connectivity index (χ4v) is 4.61. The van der Waals surface area contributed by atoms with E-state index in [0.29, 0.717) is 5.56 Å². The summed E-state index contributed by atoms with van der Waals surface area (Å²) in [6.45, 7) is 3.76. The van der Waals surface area contributed by atoms with Crippen molar-refractivity contribution in [2.75, 3.05) is 0 Å². The number of hydrogen-bond donors (Lipinski definition) is 6. The summed E-state index contributed by atoms with van der Waals surface area (Å²) in [5, 5.41) is 27.3. The summed E-state index contributed by atoms with van der Waals surface area (Å²) >= 11 is 0. The van der Waals surface area contributed by atoms with E-state index in [1.54, 1.807) is 12.1 Å². The number of amides is 3. The molecule has 3 amide bonds. The zero-order valence-electron chi connectivity index (χ0n) is 24.4. The van der Waals surface area contributed by atoms with Gasteiger partial charge in [0.1, 0.15) is 23.9 Å². The Bertz CT molecular complexity index is 1350. The number of carbonyl (C=O) groups excluding carboxylic acids is 3. The number of aromatic hydroxyl groups is 1. The molecule has 0 spiro atoms. The van der Waals surface area contributed by atoms with Crippen molar-refractivity contribution in [2.24, 2.45) is 11.7 Å². The van der Waals surface area contributed by atoms with E-state index >= 15 is 0 Å². The van der Waals surface area contributed by atoms with Crippen LogP contribution in [-0.4, -0.2) is 58.1 Å². The van der Waals surface area contributed by atoms with Crippen molar-refractivity contribution >= 4 is 23.7 Å². The smallest absolute Gasteiger partial charge is 0.326 e. The molecule has 4 atom stereocenters. The fraction of sp³-hybridized carbons (Fsp3) is 0.333. The number of nitrogens with one attached hydrogen (secondary N) is 3. The highest BCUT2D eigenvalue weighted by atomic mass is 16.4. The molecule has 3 aromatic rings. The van der Waals surface area contributed by atoms with Crippen LogP contribution in [0.1, 0.15) is 37.0 Å². The molecule has 0 radical (unpaired) electrons. The van der Waals surface area contributed by atoms with Gasteiger partial charge in [0, 0.05) is 12.8 Å². The van der Waals surface area contributed by atoms with Gasteiger partial charge in [0.05, 0.1) is 6.04 Å². The molecule has 0 bridgehead atoms. The van der Waals surface area contributed by atoms with Crippen molar-refractivity contribution in [3.63, 3.8) is 0 Å². The molecule has 0 aliphatic rings. The Balaban J connectivity index is 1.75. The maximum atomic E-state index is 13.6. The van der Waals surface area contributed by atoms with Gasteiger partial charge in [-0.25, -0.2) is 4.79 Å². The standard InChI is InChI=1S/C33H40N4O6/c1-21(2)17-27(31(40)37-29(33(42)43)20-24-13-15-25(38)16-14-24)36-32(41)28(19-23-11-7-4-8-12-23)35-30(39)26(34)18-22-9-5-3-6-10-22/h3-16,21,26-29,38H,17-20,34H2,1-2H3,(H,35,39)(H,36,41)(H,37,40)(H,42,43)/t26-,27-,28-,29-/m0/s1. The molecule has 43 heavy (non-hydrogen) atoms. The number of carboxylic acids is 1. The minimum absolute atomic E-state index is 0.0158. The van der Waals surface area contributed by atoms with E-state index < -0.39 is 47.9 Å². The number of rotatable bonds is 15. The molecule has 10 heteroatoms. The van der Waals surface area contributed by atoms with Crippen molar-refractivity contribution in [3.8, 4) is 5.75 Å². The largest absolute Gasteiger partial charge is 0.508 e. The van der Waals surface area contributed by atoms with Crippen LogP contribution in [0, 0.1) is 5.92 Å². The van der Waals surface area contributed by atoms with Crippen LogP contribution in [0.2, 0.25) is 0 Å². The first-order valence-electron chi connectivity index (χ1n) is 14.3. The average molecular weight is 589 g/mol. The summed E-state index contributed by atoms with van der Waals surface area (Å²) in [5.41, 5.74) is 8.46. The number of benzene rings is 3. The normalized spacial score (nSPS) is 13.8. The molecule has 0 unspecified atom stereocenters. The number of hydrogen-bond acceptors (Lipinski definition) is 6. The number of phenolic OH excluding ortho intramolecular Hbond substituents is 1. The summed E-state index contributed by atoms with van der Waals surface area (Å²) < 4.78 is 0. The summed E-state index contributed by atoms with van der Waals surface area (Å²) in [6.07, 6.45) is 0.658. The van der Waals surface area contributed by atoms with Gasteiger partial charge in [0.15, 0.2) is 0 Å². The van der Waals surface area contributed by atoms with Crippen LogP contribution in [0.15, 0.2) is 84.9 Å². The van der Waals surface area contributed by atoms with E-state index in [1.807, 2.05) is 74.5 Å². The fourth-order valence-electron chi connectivity index (χ4n) is 4.61. The Morgan fingerprint density at radius 1 is 0.628 bits per heavy atom. The Hall–Kier alpha value is -4.70. The van der Waals surface area contributed by atoms with E-state index in [2.05, 4.69) is 16.0 Å². The van der Waals surface area contributed by atoms with Crippen LogP contribution in [0.3, 0.4) is 0 Å². The van der Waals surface area contributed by atoms with Gasteiger partial charge in [0.25, 0.3) is 0 Å². The molecular formula is C33H40N4O6. The number of nitrogens with two attached hydrogens (primary N) is 1. The minimum Gasteiger partial charge on any atom is -0.508 e. The third kappa shape index (κ3) is 10.9. The molecule has 3 rings (SSSR count). The quantitative estimate of drug-likeness (QED) is 0.158. The summed E-state index contributed by atoms with van der Waals surface area (Å²) in [7, 11) is 0. The van der Waals surface area contributed by atoms with Crippen LogP contribution in [0.4, 0.5) is 0 Å². The predicted octanol–water partition coefficient (Wildman–Crippen LogP) is 2.33. The molecule has 0 saturated carbocycles. The van der Waals surface area contributed by atoms with Crippen molar-refractivity contribution in [1.82, 2.24) is 16.0 Å². The first kappa shape index (κ1) is 32.8. The van der Waals surface area contributed by atoms with E-state index in [1.165, 1.54) is 12.1 Å². The molecule has 0 aliphatic heterocycles. The van der Waals surface area contributed by atoms with E-state index in [9.17, 15) is 29.4 Å². The van der Waals surface area contributed by atoms with Gasteiger partial charge in [-0.1, -0.05) is 86.6 Å². The van der Waals surface area contributed by atoms with Gasteiger partial charge in [-0.05, 0) is 47.6 Å². The predicted molar refractivity (Wildman–Crippen MR) is 163 cm³/mol. The molecule has 0 aromatic heterocycles. The SMILES string of the molecule is CC(C)C[C@H](NC(=O)[C@H](Cc1ccccc1)NC(=O)[C@@H](N)Cc1ccccc1)C(=O)N[C@@H](Cc1ccc(O)cc1)C(=O)O. The van der Waals surface area contributed by atoms with Crippen LogP contribution < -0.4 is 21.7 Å². The highest BCUT2D eigenvalue weighted by molar-refractivity contribution is 5.94. The second-order valence-electron chi connectivity index (χ2n) is 11.0. The van der Waals surface area contributed by atoms with Gasteiger partial charge in [-0.15, -0.1) is 0 Å². The zero-order chi connectivity index (χ0) is 31.4. The maximum Gasteiger partial charge on any atom is 0.326 e. The molecule has 0 saturated heterocycles. The van der Waals surface area contributed by atoms with Crippen molar-refractivity contribution in [3.05, 3.63) is 102 Å². The maximum absolute atomic E-state index is 13.6. The Morgan fingerprint density at radius 2 is 1.07 bits per heavy atom. The third-order valence-corrected chi connectivity index (χ3v) is 6.88.